The highest BCUT2D eigenvalue weighted by molar-refractivity contribution is 4.72. The molecule has 0 amide bonds. The number of nitrogens with two attached hydrogens (primary N) is 1. The maximum absolute atomic E-state index is 12.2. The smallest absolute Gasteiger partial charge is 0.241 e. The molecule has 0 unspecified atom stereocenters. The summed E-state index contributed by atoms with van der Waals surface area (Å²) < 4.78 is 24.4. The van der Waals surface area contributed by atoms with Crippen molar-refractivity contribution in [2.75, 3.05) is 0 Å². The minimum atomic E-state index is -2.14. The first-order valence-electron chi connectivity index (χ1n) is 4.24. The van der Waals surface area contributed by atoms with Gasteiger partial charge >= 0.3 is 0 Å². The molecule has 0 radical (unpaired) electrons. The van der Waals surface area contributed by atoms with Crippen molar-refractivity contribution in [2.45, 2.75) is 44.6 Å². The summed E-state index contributed by atoms with van der Waals surface area (Å²) in [6, 6.07) is 0.166. The minimum Gasteiger partial charge on any atom is -0.328 e. The van der Waals surface area contributed by atoms with Crippen molar-refractivity contribution >= 4 is 0 Å². The predicted molar refractivity (Wildman–Crippen MR) is 40.6 cm³/mol. The molecule has 2 atom stereocenters. The van der Waals surface area contributed by atoms with Crippen molar-refractivity contribution in [3.8, 4) is 0 Å². The summed E-state index contributed by atoms with van der Waals surface area (Å²) in [7, 11) is 0. The van der Waals surface area contributed by atoms with Crippen LogP contribution in [0, 0.1) is 5.92 Å². The van der Waals surface area contributed by atoms with Gasteiger partial charge in [-0.05, 0) is 25.7 Å². The Labute approximate surface area is 66.0 Å². The van der Waals surface area contributed by atoms with Crippen molar-refractivity contribution < 1.29 is 8.78 Å². The fraction of sp³-hybridized carbons (Fsp3) is 1.00. The standard InChI is InChI=1S/C8H15F2N/c9-8(10)6-2-1-3-7(11)5-4-6/h6-8H,1-5,11H2/t6-,7+/m0/s1. The number of hydrogen-bond acceptors (Lipinski definition) is 1. The summed E-state index contributed by atoms with van der Waals surface area (Å²) >= 11 is 0. The van der Waals surface area contributed by atoms with Crippen molar-refractivity contribution in [1.82, 2.24) is 0 Å². The molecule has 0 aromatic rings. The maximum atomic E-state index is 12.2. The third-order valence-corrected chi connectivity index (χ3v) is 2.41. The van der Waals surface area contributed by atoms with Gasteiger partial charge in [-0.25, -0.2) is 8.78 Å². The van der Waals surface area contributed by atoms with E-state index in [2.05, 4.69) is 0 Å². The van der Waals surface area contributed by atoms with Crippen LogP contribution >= 0.6 is 0 Å². The van der Waals surface area contributed by atoms with Gasteiger partial charge in [0.1, 0.15) is 0 Å². The van der Waals surface area contributed by atoms with E-state index in [-0.39, 0.29) is 12.0 Å². The molecular weight excluding hydrogens is 148 g/mol. The second kappa shape index (κ2) is 4.00. The normalized spacial score (nSPS) is 33.8. The summed E-state index contributed by atoms with van der Waals surface area (Å²) in [5.41, 5.74) is 5.65. The lowest BCUT2D eigenvalue weighted by Crippen LogP contribution is -2.18. The molecule has 0 heterocycles. The number of rotatable bonds is 1. The van der Waals surface area contributed by atoms with Gasteiger partial charge in [0.05, 0.1) is 0 Å². The van der Waals surface area contributed by atoms with E-state index in [4.69, 9.17) is 5.73 Å². The summed E-state index contributed by atoms with van der Waals surface area (Å²) in [5.74, 6) is -0.386. The zero-order valence-electron chi connectivity index (χ0n) is 6.60. The monoisotopic (exact) mass is 163 g/mol. The second-order valence-electron chi connectivity index (χ2n) is 3.36. The van der Waals surface area contributed by atoms with Crippen LogP contribution in [0.5, 0.6) is 0 Å². The van der Waals surface area contributed by atoms with E-state index < -0.39 is 6.43 Å². The summed E-state index contributed by atoms with van der Waals surface area (Å²) in [5, 5.41) is 0. The molecule has 0 aromatic heterocycles. The average Bonchev–Trinajstić information content (AvgIpc) is 2.13. The summed E-state index contributed by atoms with van der Waals surface area (Å²) in [4.78, 5) is 0. The quantitative estimate of drug-likeness (QED) is 0.589. The summed E-state index contributed by atoms with van der Waals surface area (Å²) in [6.07, 6.45) is 1.69. The first-order valence-corrected chi connectivity index (χ1v) is 4.24. The topological polar surface area (TPSA) is 26.0 Å². The highest BCUT2D eigenvalue weighted by Gasteiger charge is 2.23. The molecule has 1 rings (SSSR count). The van der Waals surface area contributed by atoms with Crippen molar-refractivity contribution in [3.63, 3.8) is 0 Å². The van der Waals surface area contributed by atoms with Crippen LogP contribution in [0.2, 0.25) is 0 Å². The molecule has 66 valence electrons. The molecule has 2 N–H and O–H groups in total. The molecule has 0 saturated heterocycles. The Hall–Kier alpha value is -0.180. The van der Waals surface area contributed by atoms with Crippen LogP contribution in [0.25, 0.3) is 0 Å². The molecule has 1 aliphatic carbocycles. The number of alkyl halides is 2. The largest absolute Gasteiger partial charge is 0.328 e. The SMILES string of the molecule is N[C@@H]1CCC[C@H](C(F)F)CC1. The minimum absolute atomic E-state index is 0.166. The van der Waals surface area contributed by atoms with Crippen LogP contribution in [-0.4, -0.2) is 12.5 Å². The Morgan fingerprint density at radius 2 is 1.82 bits per heavy atom. The molecule has 1 nitrogen and oxygen atoms in total. The van der Waals surface area contributed by atoms with Crippen LogP contribution in [0.1, 0.15) is 32.1 Å². The van der Waals surface area contributed by atoms with Crippen LogP contribution in [0.15, 0.2) is 0 Å². The lowest BCUT2D eigenvalue weighted by atomic mass is 10.0. The summed E-state index contributed by atoms with van der Waals surface area (Å²) in [6.45, 7) is 0. The molecule has 1 aliphatic rings. The van der Waals surface area contributed by atoms with E-state index >= 15 is 0 Å². The van der Waals surface area contributed by atoms with Gasteiger partial charge in [0, 0.05) is 12.0 Å². The first kappa shape index (κ1) is 8.91. The molecule has 0 aliphatic heterocycles. The van der Waals surface area contributed by atoms with E-state index in [1.54, 1.807) is 0 Å². The Kier molecular flexibility index (Phi) is 3.24. The van der Waals surface area contributed by atoms with E-state index in [0.29, 0.717) is 12.8 Å². The molecule has 1 fully saturated rings. The van der Waals surface area contributed by atoms with E-state index in [1.807, 2.05) is 0 Å². The predicted octanol–water partition coefficient (Wildman–Crippen LogP) is 2.16. The zero-order valence-corrected chi connectivity index (χ0v) is 6.60. The third-order valence-electron chi connectivity index (χ3n) is 2.41. The Balaban J connectivity index is 2.34. The Morgan fingerprint density at radius 3 is 2.45 bits per heavy atom. The van der Waals surface area contributed by atoms with Gasteiger partial charge in [-0.1, -0.05) is 6.42 Å². The van der Waals surface area contributed by atoms with Crippen LogP contribution in [-0.2, 0) is 0 Å². The van der Waals surface area contributed by atoms with Gasteiger partial charge in [-0.3, -0.25) is 0 Å². The van der Waals surface area contributed by atoms with E-state index in [1.165, 1.54) is 0 Å². The van der Waals surface area contributed by atoms with Crippen molar-refractivity contribution in [2.24, 2.45) is 11.7 Å². The molecule has 1 saturated carbocycles. The molecular formula is C8H15F2N. The number of hydrogen-bond donors (Lipinski definition) is 1. The van der Waals surface area contributed by atoms with Gasteiger partial charge < -0.3 is 5.73 Å². The average molecular weight is 163 g/mol. The fourth-order valence-electron chi connectivity index (χ4n) is 1.61. The third kappa shape index (κ3) is 2.73. The molecule has 0 spiro atoms. The molecule has 0 bridgehead atoms. The fourth-order valence-corrected chi connectivity index (χ4v) is 1.61. The van der Waals surface area contributed by atoms with Gasteiger partial charge in [0.25, 0.3) is 0 Å². The highest BCUT2D eigenvalue weighted by Crippen LogP contribution is 2.27. The lowest BCUT2D eigenvalue weighted by molar-refractivity contribution is 0.0686. The van der Waals surface area contributed by atoms with E-state index in [0.717, 1.165) is 19.3 Å². The lowest BCUT2D eigenvalue weighted by Gasteiger charge is -2.11. The van der Waals surface area contributed by atoms with E-state index in [9.17, 15) is 8.78 Å². The zero-order chi connectivity index (χ0) is 8.27. The highest BCUT2D eigenvalue weighted by atomic mass is 19.3. The first-order chi connectivity index (χ1) is 5.20. The molecule has 0 aromatic carbocycles. The van der Waals surface area contributed by atoms with Crippen LogP contribution in [0.3, 0.4) is 0 Å². The van der Waals surface area contributed by atoms with Gasteiger partial charge in [0.2, 0.25) is 6.43 Å². The van der Waals surface area contributed by atoms with Crippen molar-refractivity contribution in [3.05, 3.63) is 0 Å². The van der Waals surface area contributed by atoms with Crippen LogP contribution in [0.4, 0.5) is 8.78 Å². The second-order valence-corrected chi connectivity index (χ2v) is 3.36. The number of halogens is 2. The molecule has 11 heavy (non-hydrogen) atoms. The Bertz CT molecular complexity index is 117. The Morgan fingerprint density at radius 1 is 1.09 bits per heavy atom. The molecule has 3 heteroatoms. The van der Waals surface area contributed by atoms with Crippen LogP contribution < -0.4 is 5.73 Å². The van der Waals surface area contributed by atoms with Gasteiger partial charge in [0.15, 0.2) is 0 Å². The van der Waals surface area contributed by atoms with Crippen molar-refractivity contribution in [1.29, 1.82) is 0 Å². The maximum Gasteiger partial charge on any atom is 0.241 e. The van der Waals surface area contributed by atoms with Gasteiger partial charge in [-0.15, -0.1) is 0 Å². The van der Waals surface area contributed by atoms with Gasteiger partial charge in [-0.2, -0.15) is 0 Å².